The summed E-state index contributed by atoms with van der Waals surface area (Å²) in [6.45, 7) is 2.46. The van der Waals surface area contributed by atoms with Crippen molar-refractivity contribution >= 4 is 33.2 Å². The van der Waals surface area contributed by atoms with Crippen LogP contribution in [-0.2, 0) is 14.8 Å². The molecule has 122 valence electrons. The Morgan fingerprint density at radius 2 is 1.95 bits per heavy atom. The van der Waals surface area contributed by atoms with Crippen molar-refractivity contribution in [3.05, 3.63) is 21.9 Å². The molecule has 0 aromatic carbocycles. The topological polar surface area (TPSA) is 101 Å². The number of sulfonamides is 1. The van der Waals surface area contributed by atoms with Crippen LogP contribution < -0.4 is 5.73 Å². The van der Waals surface area contributed by atoms with Gasteiger partial charge in [0.15, 0.2) is 0 Å². The largest absolute Gasteiger partial charge is 0.369 e. The Morgan fingerprint density at radius 1 is 1.27 bits per heavy atom. The fourth-order valence-electron chi connectivity index (χ4n) is 2.36. The average Bonchev–Trinajstić information content (AvgIpc) is 2.72. The molecular formula is C13H19N3O4S2. The third-order valence-electron chi connectivity index (χ3n) is 3.59. The van der Waals surface area contributed by atoms with Gasteiger partial charge in [-0.05, 0) is 19.1 Å². The third-order valence-corrected chi connectivity index (χ3v) is 5.85. The van der Waals surface area contributed by atoms with Crippen LogP contribution in [0.2, 0.25) is 0 Å². The summed E-state index contributed by atoms with van der Waals surface area (Å²) in [5.74, 6) is -1.50. The van der Waals surface area contributed by atoms with Crippen molar-refractivity contribution in [1.82, 2.24) is 9.21 Å². The van der Waals surface area contributed by atoms with Gasteiger partial charge in [0.1, 0.15) is 0 Å². The van der Waals surface area contributed by atoms with Crippen LogP contribution in [-0.4, -0.2) is 61.9 Å². The van der Waals surface area contributed by atoms with E-state index >= 15 is 0 Å². The minimum atomic E-state index is -3.44. The summed E-state index contributed by atoms with van der Waals surface area (Å²) in [4.78, 5) is 27.2. The Hall–Kier alpha value is -1.45. The second-order valence-corrected chi connectivity index (χ2v) is 8.65. The van der Waals surface area contributed by atoms with Gasteiger partial charge >= 0.3 is 0 Å². The maximum absolute atomic E-state index is 12.5. The summed E-state index contributed by atoms with van der Waals surface area (Å²) in [6.07, 6.45) is 1.09. The van der Waals surface area contributed by atoms with Crippen molar-refractivity contribution in [3.63, 3.8) is 0 Å². The van der Waals surface area contributed by atoms with Crippen LogP contribution in [0.25, 0.3) is 0 Å². The molecule has 2 N–H and O–H groups in total. The number of hydrogen-bond donors (Lipinski definition) is 1. The van der Waals surface area contributed by atoms with E-state index in [1.54, 1.807) is 6.07 Å². The molecule has 22 heavy (non-hydrogen) atoms. The number of rotatable bonds is 3. The molecule has 1 aromatic heterocycles. The van der Waals surface area contributed by atoms with Gasteiger partial charge in [-0.25, -0.2) is 8.42 Å². The fraction of sp³-hybridized carbons (Fsp3) is 0.538. The second-order valence-electron chi connectivity index (χ2n) is 5.38. The second kappa shape index (κ2) is 6.35. The van der Waals surface area contributed by atoms with E-state index in [0.29, 0.717) is 4.88 Å². The van der Waals surface area contributed by atoms with E-state index in [4.69, 9.17) is 5.73 Å². The molecule has 1 atom stereocenters. The highest BCUT2D eigenvalue weighted by atomic mass is 32.2. The van der Waals surface area contributed by atoms with Gasteiger partial charge in [0.2, 0.25) is 15.9 Å². The van der Waals surface area contributed by atoms with Crippen LogP contribution in [0.3, 0.4) is 0 Å². The van der Waals surface area contributed by atoms with Crippen molar-refractivity contribution in [1.29, 1.82) is 0 Å². The lowest BCUT2D eigenvalue weighted by Crippen LogP contribution is -2.40. The highest BCUT2D eigenvalue weighted by Gasteiger charge is 2.32. The van der Waals surface area contributed by atoms with E-state index in [-0.39, 0.29) is 32.1 Å². The number of hydrogen-bond acceptors (Lipinski definition) is 5. The summed E-state index contributed by atoms with van der Waals surface area (Å²) >= 11 is 1.37. The number of carbonyl (C=O) groups excluding carboxylic acids is 2. The maximum atomic E-state index is 12.5. The Labute approximate surface area is 133 Å². The Morgan fingerprint density at radius 3 is 2.45 bits per heavy atom. The van der Waals surface area contributed by atoms with E-state index < -0.39 is 21.8 Å². The Kier molecular flexibility index (Phi) is 4.88. The molecule has 2 rings (SSSR count). The van der Waals surface area contributed by atoms with Crippen LogP contribution in [0, 0.1) is 12.8 Å². The number of aryl methyl sites for hydroxylation is 1. The lowest BCUT2D eigenvalue weighted by Gasteiger charge is -2.21. The number of primary amides is 1. The minimum absolute atomic E-state index is 0.0153. The van der Waals surface area contributed by atoms with Crippen molar-refractivity contribution < 1.29 is 18.0 Å². The van der Waals surface area contributed by atoms with Gasteiger partial charge in [0.05, 0.1) is 17.1 Å². The van der Waals surface area contributed by atoms with Crippen molar-refractivity contribution in [3.8, 4) is 0 Å². The van der Waals surface area contributed by atoms with Crippen LogP contribution in [0.1, 0.15) is 14.5 Å². The third kappa shape index (κ3) is 3.84. The number of nitrogens with zero attached hydrogens (tertiary/aromatic N) is 2. The molecule has 1 aliphatic heterocycles. The molecule has 1 saturated heterocycles. The van der Waals surface area contributed by atoms with E-state index in [0.717, 1.165) is 11.1 Å². The Balaban J connectivity index is 2.23. The van der Waals surface area contributed by atoms with E-state index in [1.165, 1.54) is 20.5 Å². The first kappa shape index (κ1) is 16.9. The van der Waals surface area contributed by atoms with Gasteiger partial charge in [-0.1, -0.05) is 0 Å². The molecule has 0 aliphatic carbocycles. The Bertz CT molecular complexity index is 683. The van der Waals surface area contributed by atoms with Crippen molar-refractivity contribution in [2.75, 3.05) is 32.4 Å². The zero-order valence-electron chi connectivity index (χ0n) is 12.5. The molecule has 0 bridgehead atoms. The van der Waals surface area contributed by atoms with Gasteiger partial charge in [-0.2, -0.15) is 4.31 Å². The number of amides is 2. The average molecular weight is 345 g/mol. The van der Waals surface area contributed by atoms with Crippen LogP contribution >= 0.6 is 11.3 Å². The molecule has 0 saturated carbocycles. The summed E-state index contributed by atoms with van der Waals surface area (Å²) in [6, 6.07) is 3.59. The maximum Gasteiger partial charge on any atom is 0.263 e. The first-order valence-electron chi connectivity index (χ1n) is 6.78. The predicted molar refractivity (Wildman–Crippen MR) is 84.1 cm³/mol. The quantitative estimate of drug-likeness (QED) is 0.825. The zero-order chi connectivity index (χ0) is 16.5. The predicted octanol–water partition coefficient (Wildman–Crippen LogP) is -0.125. The monoisotopic (exact) mass is 345 g/mol. The lowest BCUT2D eigenvalue weighted by molar-refractivity contribution is -0.122. The highest BCUT2D eigenvalue weighted by molar-refractivity contribution is 7.88. The van der Waals surface area contributed by atoms with E-state index in [1.807, 2.05) is 13.0 Å². The van der Waals surface area contributed by atoms with Gasteiger partial charge in [0.25, 0.3) is 5.91 Å². The SMILES string of the molecule is Cc1ccc(C(=O)N2CCN(S(C)(=O)=O)C[C@@H](C(N)=O)C2)s1. The summed E-state index contributed by atoms with van der Waals surface area (Å²) < 4.78 is 24.7. The summed E-state index contributed by atoms with van der Waals surface area (Å²) in [5, 5.41) is 0. The molecule has 2 heterocycles. The van der Waals surface area contributed by atoms with Gasteiger partial charge < -0.3 is 10.6 Å². The number of nitrogens with two attached hydrogens (primary N) is 1. The van der Waals surface area contributed by atoms with Gasteiger partial charge in [-0.15, -0.1) is 11.3 Å². The summed E-state index contributed by atoms with van der Waals surface area (Å²) in [7, 11) is -3.44. The smallest absolute Gasteiger partial charge is 0.263 e. The van der Waals surface area contributed by atoms with Crippen LogP contribution in [0.4, 0.5) is 0 Å². The minimum Gasteiger partial charge on any atom is -0.369 e. The highest BCUT2D eigenvalue weighted by Crippen LogP contribution is 2.20. The molecule has 0 spiro atoms. The lowest BCUT2D eigenvalue weighted by atomic mass is 10.1. The van der Waals surface area contributed by atoms with E-state index in [9.17, 15) is 18.0 Å². The van der Waals surface area contributed by atoms with Gasteiger partial charge in [0, 0.05) is 31.1 Å². The fourth-order valence-corrected chi connectivity index (χ4v) is 4.05. The normalized spacial score (nSPS) is 20.6. The molecule has 2 amide bonds. The molecule has 1 fully saturated rings. The molecular weight excluding hydrogens is 326 g/mol. The first-order chi connectivity index (χ1) is 10.2. The molecule has 1 aromatic rings. The zero-order valence-corrected chi connectivity index (χ0v) is 14.1. The molecule has 0 radical (unpaired) electrons. The van der Waals surface area contributed by atoms with Crippen molar-refractivity contribution in [2.24, 2.45) is 11.7 Å². The number of carbonyl (C=O) groups is 2. The van der Waals surface area contributed by atoms with E-state index in [2.05, 4.69) is 0 Å². The molecule has 0 unspecified atom stereocenters. The number of thiophene rings is 1. The van der Waals surface area contributed by atoms with Crippen molar-refractivity contribution in [2.45, 2.75) is 6.92 Å². The van der Waals surface area contributed by atoms with Gasteiger partial charge in [-0.3, -0.25) is 9.59 Å². The summed E-state index contributed by atoms with van der Waals surface area (Å²) in [5.41, 5.74) is 5.35. The van der Waals surface area contributed by atoms with Crippen LogP contribution in [0.5, 0.6) is 0 Å². The molecule has 9 heteroatoms. The standard InChI is InChI=1S/C13H19N3O4S2/c1-9-3-4-11(21-9)13(18)15-5-6-16(22(2,19)20)8-10(7-15)12(14)17/h3-4,10H,5-8H2,1-2H3,(H2,14,17)/t10-/m0/s1. The molecule has 1 aliphatic rings. The van der Waals surface area contributed by atoms with Crippen LogP contribution in [0.15, 0.2) is 12.1 Å². The molecule has 7 nitrogen and oxygen atoms in total. The first-order valence-corrected chi connectivity index (χ1v) is 9.45.